The topological polar surface area (TPSA) is 94.0 Å². The molecule has 1 unspecified atom stereocenters. The van der Waals surface area contributed by atoms with Crippen molar-refractivity contribution in [3.8, 4) is 11.5 Å². The third-order valence-electron chi connectivity index (χ3n) is 5.55. The number of aryl methyl sites for hydroxylation is 1. The lowest BCUT2D eigenvalue weighted by atomic mass is 9.77. The first-order valence-corrected chi connectivity index (χ1v) is 8.99. The Hall–Kier alpha value is -2.96. The molecule has 132 valence electrons. The zero-order valence-corrected chi connectivity index (χ0v) is 14.4. The van der Waals surface area contributed by atoms with Gasteiger partial charge in [-0.25, -0.2) is 9.97 Å². The Balaban J connectivity index is 1.44. The molecule has 0 amide bonds. The summed E-state index contributed by atoms with van der Waals surface area (Å²) < 4.78 is 5.50. The second-order valence-electron chi connectivity index (χ2n) is 7.17. The maximum atomic E-state index is 5.86. The molecule has 0 saturated carbocycles. The number of rotatable bonds is 2. The molecule has 1 atom stereocenters. The van der Waals surface area contributed by atoms with Crippen molar-refractivity contribution in [3.63, 3.8) is 0 Å². The zero-order valence-electron chi connectivity index (χ0n) is 14.4. The molecule has 1 aliphatic heterocycles. The predicted molar refractivity (Wildman–Crippen MR) is 97.6 cm³/mol. The summed E-state index contributed by atoms with van der Waals surface area (Å²) in [5, 5.41) is 4.23. The van der Waals surface area contributed by atoms with Crippen LogP contribution in [0.5, 0.6) is 0 Å². The normalized spacial score (nSPS) is 21.9. The van der Waals surface area contributed by atoms with Gasteiger partial charge in [0.2, 0.25) is 5.95 Å². The molecule has 26 heavy (non-hydrogen) atoms. The third kappa shape index (κ3) is 2.42. The summed E-state index contributed by atoms with van der Waals surface area (Å²) in [4.78, 5) is 15.6. The van der Waals surface area contributed by atoms with Gasteiger partial charge in [-0.15, -0.1) is 0 Å². The highest BCUT2D eigenvalue weighted by Crippen LogP contribution is 2.44. The number of hydrogen-bond donors (Lipinski definition) is 1. The Bertz CT molecular complexity index is 936. The fraction of sp³-hybridized carbons (Fsp3) is 0.368. The number of fused-ring (bicyclic) bond motifs is 2. The second kappa shape index (κ2) is 5.79. The highest BCUT2D eigenvalue weighted by Gasteiger charge is 2.44. The van der Waals surface area contributed by atoms with Crippen LogP contribution < -0.4 is 10.6 Å². The average Bonchev–Trinajstić information content (AvgIpc) is 3.29. The lowest BCUT2D eigenvalue weighted by molar-refractivity contribution is 0.329. The largest absolute Gasteiger partial charge is 0.368 e. The van der Waals surface area contributed by atoms with Gasteiger partial charge in [0.15, 0.2) is 0 Å². The van der Waals surface area contributed by atoms with E-state index in [4.69, 9.17) is 10.3 Å². The van der Waals surface area contributed by atoms with Crippen molar-refractivity contribution in [1.29, 1.82) is 0 Å². The smallest absolute Gasteiger partial charge is 0.266 e. The maximum absolute atomic E-state index is 5.86. The van der Waals surface area contributed by atoms with Gasteiger partial charge in [-0.05, 0) is 48.5 Å². The highest BCUT2D eigenvalue weighted by molar-refractivity contribution is 5.54. The molecule has 1 fully saturated rings. The van der Waals surface area contributed by atoms with Gasteiger partial charge in [-0.1, -0.05) is 18.2 Å². The van der Waals surface area contributed by atoms with Crippen LogP contribution in [0.3, 0.4) is 0 Å². The minimum absolute atomic E-state index is 0.0121. The van der Waals surface area contributed by atoms with E-state index in [2.05, 4.69) is 25.0 Å². The fourth-order valence-electron chi connectivity index (χ4n) is 4.30. The molecule has 3 heterocycles. The molecule has 2 aromatic heterocycles. The van der Waals surface area contributed by atoms with Crippen molar-refractivity contribution >= 4 is 11.9 Å². The average molecular weight is 348 g/mol. The summed E-state index contributed by atoms with van der Waals surface area (Å²) in [6, 6.07) is 9.85. The number of piperidine rings is 1. The van der Waals surface area contributed by atoms with Gasteiger partial charge in [-0.2, -0.15) is 4.98 Å². The number of benzene rings is 1. The van der Waals surface area contributed by atoms with E-state index in [0.29, 0.717) is 17.8 Å². The predicted octanol–water partition coefficient (Wildman–Crippen LogP) is 2.59. The lowest BCUT2D eigenvalue weighted by Gasteiger charge is -2.39. The standard InChI is InChI=1S/C19H20N6O/c20-17-21-11-14-7-9-19(15(14)22-17)8-4-10-25(12-19)18-23-16(26-24-18)13-5-2-1-3-6-13/h1-3,5-6,11H,4,7-10,12H2,(H2,20,21,22). The van der Waals surface area contributed by atoms with Crippen LogP contribution in [0, 0.1) is 0 Å². The van der Waals surface area contributed by atoms with Crippen molar-refractivity contribution in [3.05, 3.63) is 47.8 Å². The Kier molecular flexibility index (Phi) is 3.41. The molecular formula is C19H20N6O. The third-order valence-corrected chi connectivity index (χ3v) is 5.55. The summed E-state index contributed by atoms with van der Waals surface area (Å²) in [6.07, 6.45) is 6.13. The number of nitrogens with zero attached hydrogens (tertiary/aromatic N) is 5. The van der Waals surface area contributed by atoms with Crippen LogP contribution in [0.1, 0.15) is 30.5 Å². The molecule has 1 saturated heterocycles. The molecule has 2 N–H and O–H groups in total. The monoisotopic (exact) mass is 348 g/mol. The number of aromatic nitrogens is 4. The van der Waals surface area contributed by atoms with Crippen LogP contribution in [0.25, 0.3) is 11.5 Å². The molecule has 1 spiro atoms. The minimum Gasteiger partial charge on any atom is -0.368 e. The number of anilines is 2. The SMILES string of the molecule is Nc1ncc2c(n1)C1(CCCN(c3noc(-c4ccccc4)n3)C1)CC2. The Morgan fingerprint density at radius 1 is 1.12 bits per heavy atom. The van der Waals surface area contributed by atoms with E-state index >= 15 is 0 Å². The van der Waals surface area contributed by atoms with Crippen LogP contribution in [0.2, 0.25) is 0 Å². The van der Waals surface area contributed by atoms with Crippen molar-refractivity contribution in [2.24, 2.45) is 0 Å². The van der Waals surface area contributed by atoms with E-state index in [1.54, 1.807) is 0 Å². The van der Waals surface area contributed by atoms with Crippen LogP contribution in [0.4, 0.5) is 11.9 Å². The summed E-state index contributed by atoms with van der Waals surface area (Å²) in [6.45, 7) is 1.76. The quantitative estimate of drug-likeness (QED) is 0.760. The molecule has 1 aromatic carbocycles. The van der Waals surface area contributed by atoms with E-state index in [1.807, 2.05) is 36.5 Å². The molecule has 2 aliphatic rings. The van der Waals surface area contributed by atoms with E-state index in [-0.39, 0.29) is 5.41 Å². The summed E-state index contributed by atoms with van der Waals surface area (Å²) in [5.74, 6) is 1.56. The first-order chi connectivity index (χ1) is 12.7. The van der Waals surface area contributed by atoms with Gasteiger partial charge >= 0.3 is 0 Å². The number of nitrogens with two attached hydrogens (primary N) is 1. The maximum Gasteiger partial charge on any atom is 0.266 e. The number of nitrogen functional groups attached to an aromatic ring is 1. The Morgan fingerprint density at radius 2 is 2.00 bits per heavy atom. The van der Waals surface area contributed by atoms with Gasteiger partial charge < -0.3 is 15.2 Å². The van der Waals surface area contributed by atoms with E-state index in [9.17, 15) is 0 Å². The van der Waals surface area contributed by atoms with Crippen LogP contribution >= 0.6 is 0 Å². The molecule has 7 nitrogen and oxygen atoms in total. The second-order valence-corrected chi connectivity index (χ2v) is 7.17. The van der Waals surface area contributed by atoms with Gasteiger partial charge in [0.05, 0.1) is 5.69 Å². The molecule has 1 aliphatic carbocycles. The minimum atomic E-state index is 0.0121. The zero-order chi connectivity index (χ0) is 17.6. The summed E-state index contributed by atoms with van der Waals surface area (Å²) in [7, 11) is 0. The van der Waals surface area contributed by atoms with Crippen molar-refractivity contribution < 1.29 is 4.52 Å². The van der Waals surface area contributed by atoms with Crippen molar-refractivity contribution in [1.82, 2.24) is 20.1 Å². The van der Waals surface area contributed by atoms with Gasteiger partial charge in [0.1, 0.15) is 0 Å². The Morgan fingerprint density at radius 3 is 2.88 bits per heavy atom. The molecule has 5 rings (SSSR count). The molecular weight excluding hydrogens is 328 g/mol. The van der Waals surface area contributed by atoms with Crippen LogP contribution in [-0.4, -0.2) is 33.2 Å². The fourth-order valence-corrected chi connectivity index (χ4v) is 4.30. The highest BCUT2D eigenvalue weighted by atomic mass is 16.5. The van der Waals surface area contributed by atoms with Gasteiger partial charge in [0, 0.05) is 30.3 Å². The van der Waals surface area contributed by atoms with E-state index in [1.165, 1.54) is 5.56 Å². The van der Waals surface area contributed by atoms with Crippen LogP contribution in [-0.2, 0) is 11.8 Å². The Labute approximate surface area is 151 Å². The lowest BCUT2D eigenvalue weighted by Crippen LogP contribution is -2.46. The van der Waals surface area contributed by atoms with Crippen LogP contribution in [0.15, 0.2) is 41.1 Å². The van der Waals surface area contributed by atoms with E-state index < -0.39 is 0 Å². The first kappa shape index (κ1) is 15.3. The number of hydrogen-bond acceptors (Lipinski definition) is 7. The summed E-state index contributed by atoms with van der Waals surface area (Å²) >= 11 is 0. The van der Waals surface area contributed by atoms with Crippen molar-refractivity contribution in [2.75, 3.05) is 23.7 Å². The first-order valence-electron chi connectivity index (χ1n) is 8.99. The molecule has 7 heteroatoms. The van der Waals surface area contributed by atoms with Gasteiger partial charge in [-0.3, -0.25) is 0 Å². The van der Waals surface area contributed by atoms with Crippen molar-refractivity contribution in [2.45, 2.75) is 31.1 Å². The van der Waals surface area contributed by atoms with Gasteiger partial charge in [0.25, 0.3) is 11.8 Å². The molecule has 3 aromatic rings. The molecule has 0 bridgehead atoms. The summed E-state index contributed by atoms with van der Waals surface area (Å²) in [5.41, 5.74) is 9.14. The van der Waals surface area contributed by atoms with E-state index in [0.717, 1.165) is 50.0 Å². The molecule has 0 radical (unpaired) electrons.